The van der Waals surface area contributed by atoms with Gasteiger partial charge in [-0.05, 0) is 24.3 Å². The second kappa shape index (κ2) is 12.0. The van der Waals surface area contributed by atoms with Crippen LogP contribution >= 0.6 is 0 Å². The molecule has 1 aliphatic carbocycles. The number of hydrogen-bond donors (Lipinski definition) is 3. The molecule has 0 amide bonds. The van der Waals surface area contributed by atoms with Gasteiger partial charge in [0.2, 0.25) is 0 Å². The normalized spacial score (nSPS) is 18.0. The van der Waals surface area contributed by atoms with E-state index in [0.717, 1.165) is 0 Å². The van der Waals surface area contributed by atoms with Gasteiger partial charge in [-0.1, -0.05) is 48.1 Å². The van der Waals surface area contributed by atoms with E-state index in [1.807, 2.05) is 0 Å². The van der Waals surface area contributed by atoms with Crippen LogP contribution in [-0.4, -0.2) is 63.8 Å². The Hall–Kier alpha value is -4.98. The number of hydroxylamine groups is 2. The Labute approximate surface area is 226 Å². The molecule has 0 saturated heterocycles. The summed E-state index contributed by atoms with van der Waals surface area (Å²) in [5.74, 6) is 5.66. The summed E-state index contributed by atoms with van der Waals surface area (Å²) in [5, 5.41) is 33.7. The van der Waals surface area contributed by atoms with Gasteiger partial charge in [-0.15, -0.1) is 19.3 Å². The smallest absolute Gasteiger partial charge is 0.197 e. The van der Waals surface area contributed by atoms with Crippen LogP contribution in [0.25, 0.3) is 0 Å². The lowest BCUT2D eigenvalue weighted by atomic mass is 9.96. The number of amidine groups is 2. The van der Waals surface area contributed by atoms with Crippen molar-refractivity contribution >= 4 is 11.7 Å². The maximum absolute atomic E-state index is 11.2. The van der Waals surface area contributed by atoms with E-state index in [1.54, 1.807) is 42.5 Å². The summed E-state index contributed by atoms with van der Waals surface area (Å²) in [6.45, 7) is -0.334. The summed E-state index contributed by atoms with van der Waals surface area (Å²) >= 11 is 0. The highest BCUT2D eigenvalue weighted by Crippen LogP contribution is 2.36. The zero-order chi connectivity index (χ0) is 27.8. The van der Waals surface area contributed by atoms with E-state index >= 15 is 0 Å². The van der Waals surface area contributed by atoms with Crippen LogP contribution < -0.4 is 0 Å². The lowest BCUT2D eigenvalue weighted by Gasteiger charge is -2.37. The van der Waals surface area contributed by atoms with Crippen molar-refractivity contribution in [2.75, 3.05) is 19.8 Å². The van der Waals surface area contributed by atoms with Crippen LogP contribution in [0.1, 0.15) is 17.5 Å². The number of aliphatic imine (C=N–C) groups is 2. The van der Waals surface area contributed by atoms with Crippen molar-refractivity contribution in [3.05, 3.63) is 83.1 Å². The van der Waals surface area contributed by atoms with Crippen molar-refractivity contribution in [3.8, 4) is 48.5 Å². The van der Waals surface area contributed by atoms with Crippen molar-refractivity contribution in [1.29, 1.82) is 0 Å². The molecule has 0 saturated carbocycles. The first-order chi connectivity index (χ1) is 18.9. The van der Waals surface area contributed by atoms with Gasteiger partial charge in [0.15, 0.2) is 23.6 Å². The molecule has 9 nitrogen and oxygen atoms in total. The molecular formula is C30H25N3O6. The average Bonchev–Trinajstić information content (AvgIpc) is 2.94. The first kappa shape index (κ1) is 27.1. The Morgan fingerprint density at radius 1 is 0.872 bits per heavy atom. The van der Waals surface area contributed by atoms with Gasteiger partial charge in [0.1, 0.15) is 37.1 Å². The minimum Gasteiger partial charge on any atom is -0.508 e. The van der Waals surface area contributed by atoms with E-state index in [9.17, 15) is 15.3 Å². The van der Waals surface area contributed by atoms with Crippen molar-refractivity contribution in [2.24, 2.45) is 9.98 Å². The van der Waals surface area contributed by atoms with Crippen LogP contribution in [0.15, 0.2) is 82.0 Å². The molecule has 0 fully saturated rings. The van der Waals surface area contributed by atoms with E-state index in [2.05, 4.69) is 22.8 Å². The number of terminal acetylenes is 3. The minimum atomic E-state index is -1.40. The molecule has 9 heteroatoms. The molecule has 2 aromatic rings. The predicted molar refractivity (Wildman–Crippen MR) is 145 cm³/mol. The summed E-state index contributed by atoms with van der Waals surface area (Å²) in [6.07, 6.45) is 18.3. The number of para-hydroxylation sites is 2. The average molecular weight is 524 g/mol. The number of nitrogens with zero attached hydrogens (tertiary/aromatic N) is 3. The van der Waals surface area contributed by atoms with Gasteiger partial charge in [-0.2, -0.15) is 0 Å². The molecule has 2 aromatic carbocycles. The highest BCUT2D eigenvalue weighted by Gasteiger charge is 2.40. The number of aromatic hydroxyl groups is 2. The Morgan fingerprint density at radius 2 is 1.46 bits per heavy atom. The fraction of sp³-hybridized carbons (Fsp3) is 0.200. The highest BCUT2D eigenvalue weighted by atomic mass is 16.7. The second-order valence-electron chi connectivity index (χ2n) is 8.29. The lowest BCUT2D eigenvalue weighted by molar-refractivity contribution is -0.189. The number of phenols is 2. The zero-order valence-electron chi connectivity index (χ0n) is 20.8. The minimum absolute atomic E-state index is 0.0600. The number of hydrogen-bond acceptors (Lipinski definition) is 9. The van der Waals surface area contributed by atoms with Gasteiger partial charge in [0.05, 0.1) is 11.1 Å². The lowest BCUT2D eigenvalue weighted by Crippen LogP contribution is -2.46. The van der Waals surface area contributed by atoms with Gasteiger partial charge >= 0.3 is 0 Å². The molecule has 196 valence electrons. The molecular weight excluding hydrogens is 498 g/mol. The standard InChI is InChI=1S/C30H25N3O6/c1-4-17-37-30(38-18-5-2)16-15-23(26(36)20-30)29-32-27(21-11-7-9-13-24(21)34)31-28(33(29)39-19-6-3)22-12-8-10-14-25(22)35/h1-3,7-15,20,29,34-36H,16-19H2. The van der Waals surface area contributed by atoms with Crippen molar-refractivity contribution < 1.29 is 29.6 Å². The first-order valence-corrected chi connectivity index (χ1v) is 11.8. The number of aliphatic hydroxyl groups is 1. The van der Waals surface area contributed by atoms with E-state index < -0.39 is 12.0 Å². The van der Waals surface area contributed by atoms with E-state index in [4.69, 9.17) is 38.6 Å². The maximum atomic E-state index is 11.2. The number of benzene rings is 2. The summed E-state index contributed by atoms with van der Waals surface area (Å²) in [4.78, 5) is 15.2. The predicted octanol–water partition coefficient (Wildman–Crippen LogP) is 3.27. The van der Waals surface area contributed by atoms with Gasteiger partial charge in [0, 0.05) is 18.1 Å². The molecule has 1 heterocycles. The summed E-state index contributed by atoms with van der Waals surface area (Å²) in [7, 11) is 0. The molecule has 0 radical (unpaired) electrons. The number of ether oxygens (including phenoxy) is 2. The monoisotopic (exact) mass is 523 g/mol. The summed E-state index contributed by atoms with van der Waals surface area (Å²) in [5.41, 5.74) is 0.939. The van der Waals surface area contributed by atoms with Gasteiger partial charge in [0.25, 0.3) is 0 Å². The molecule has 39 heavy (non-hydrogen) atoms. The van der Waals surface area contributed by atoms with Crippen LogP contribution in [0.4, 0.5) is 0 Å². The third-order valence-corrected chi connectivity index (χ3v) is 5.80. The Balaban J connectivity index is 1.85. The SMILES string of the molecule is C#CCON1C(c2ccccc2O)=NC(c2ccccc2O)=NC1C1=CCC(OCC#C)(OCC#C)C=C1O. The molecule has 4 rings (SSSR count). The molecule has 0 spiro atoms. The van der Waals surface area contributed by atoms with E-state index in [-0.39, 0.29) is 55.2 Å². The number of phenolic OH excluding ortho intramolecular Hbond substituents is 2. The van der Waals surface area contributed by atoms with Crippen LogP contribution in [-0.2, 0) is 14.3 Å². The van der Waals surface area contributed by atoms with Gasteiger partial charge in [-0.3, -0.25) is 4.84 Å². The molecule has 1 atom stereocenters. The van der Waals surface area contributed by atoms with E-state index in [0.29, 0.717) is 16.7 Å². The Kier molecular flexibility index (Phi) is 8.36. The molecule has 0 aromatic heterocycles. The van der Waals surface area contributed by atoms with Crippen LogP contribution in [0.2, 0.25) is 0 Å². The third kappa shape index (κ3) is 5.80. The zero-order valence-corrected chi connectivity index (χ0v) is 20.8. The number of rotatable bonds is 9. The summed E-state index contributed by atoms with van der Waals surface area (Å²) in [6, 6.07) is 13.0. The fourth-order valence-electron chi connectivity index (χ4n) is 4.05. The second-order valence-corrected chi connectivity index (χ2v) is 8.29. The van der Waals surface area contributed by atoms with Gasteiger partial charge < -0.3 is 24.8 Å². The third-order valence-electron chi connectivity index (χ3n) is 5.80. The van der Waals surface area contributed by atoms with Gasteiger partial charge in [-0.25, -0.2) is 15.0 Å². The van der Waals surface area contributed by atoms with Crippen LogP contribution in [0, 0.1) is 37.0 Å². The Morgan fingerprint density at radius 3 is 2.03 bits per heavy atom. The molecule has 3 N–H and O–H groups in total. The van der Waals surface area contributed by atoms with Crippen molar-refractivity contribution in [2.45, 2.75) is 18.4 Å². The fourth-order valence-corrected chi connectivity index (χ4v) is 4.05. The van der Waals surface area contributed by atoms with E-state index in [1.165, 1.54) is 23.3 Å². The topological polar surface area (TPSA) is 116 Å². The molecule has 0 bridgehead atoms. The van der Waals surface area contributed by atoms with Crippen LogP contribution in [0.5, 0.6) is 11.5 Å². The van der Waals surface area contributed by atoms with Crippen molar-refractivity contribution in [3.63, 3.8) is 0 Å². The quantitative estimate of drug-likeness (QED) is 0.341. The largest absolute Gasteiger partial charge is 0.508 e. The maximum Gasteiger partial charge on any atom is 0.197 e. The number of aliphatic hydroxyl groups excluding tert-OH is 1. The Bertz CT molecular complexity index is 1470. The highest BCUT2D eigenvalue weighted by molar-refractivity contribution is 6.14. The van der Waals surface area contributed by atoms with Crippen LogP contribution in [0.3, 0.4) is 0 Å². The molecule has 1 unspecified atom stereocenters. The molecule has 2 aliphatic rings. The summed E-state index contributed by atoms with van der Waals surface area (Å²) < 4.78 is 11.4. The first-order valence-electron chi connectivity index (χ1n) is 11.8. The van der Waals surface area contributed by atoms with Crippen molar-refractivity contribution in [1.82, 2.24) is 5.06 Å². The molecule has 1 aliphatic heterocycles.